The topological polar surface area (TPSA) is 78.0 Å². The quantitative estimate of drug-likeness (QED) is 0.639. The Morgan fingerprint density at radius 3 is 2.85 bits per heavy atom. The molecule has 20 heavy (non-hydrogen) atoms. The second-order valence-electron chi connectivity index (χ2n) is 4.49. The number of hydrogen-bond donors (Lipinski definition) is 2. The SMILES string of the molecule is COc1ncccc1C(Cc1c(Br)c(C)nn1C)NN. The Labute approximate surface area is 126 Å². The van der Waals surface area contributed by atoms with Crippen molar-refractivity contribution in [1.29, 1.82) is 0 Å². The first-order valence-electron chi connectivity index (χ1n) is 6.21. The summed E-state index contributed by atoms with van der Waals surface area (Å²) in [4.78, 5) is 4.21. The van der Waals surface area contributed by atoms with Gasteiger partial charge in [0.15, 0.2) is 0 Å². The van der Waals surface area contributed by atoms with Crippen LogP contribution in [0.2, 0.25) is 0 Å². The van der Waals surface area contributed by atoms with Crippen molar-refractivity contribution in [2.75, 3.05) is 7.11 Å². The molecule has 0 saturated heterocycles. The summed E-state index contributed by atoms with van der Waals surface area (Å²) in [5.41, 5.74) is 5.76. The van der Waals surface area contributed by atoms with Crippen LogP contribution in [0.4, 0.5) is 0 Å². The Morgan fingerprint density at radius 2 is 2.30 bits per heavy atom. The highest BCUT2D eigenvalue weighted by molar-refractivity contribution is 9.10. The van der Waals surface area contributed by atoms with E-state index in [1.54, 1.807) is 13.3 Å². The minimum Gasteiger partial charge on any atom is -0.481 e. The van der Waals surface area contributed by atoms with Crippen LogP contribution in [-0.2, 0) is 13.5 Å². The molecule has 0 aliphatic carbocycles. The molecule has 0 bridgehead atoms. The predicted molar refractivity (Wildman–Crippen MR) is 80.2 cm³/mol. The molecule has 2 aromatic heterocycles. The van der Waals surface area contributed by atoms with E-state index in [4.69, 9.17) is 10.6 Å². The zero-order chi connectivity index (χ0) is 14.7. The van der Waals surface area contributed by atoms with Crippen LogP contribution >= 0.6 is 15.9 Å². The molecule has 0 amide bonds. The number of pyridine rings is 1. The lowest BCUT2D eigenvalue weighted by Crippen LogP contribution is -2.30. The highest BCUT2D eigenvalue weighted by Gasteiger charge is 2.20. The lowest BCUT2D eigenvalue weighted by Gasteiger charge is -2.18. The van der Waals surface area contributed by atoms with Gasteiger partial charge in [-0.15, -0.1) is 0 Å². The van der Waals surface area contributed by atoms with Crippen LogP contribution in [-0.4, -0.2) is 21.9 Å². The van der Waals surface area contributed by atoms with Crippen LogP contribution in [0.15, 0.2) is 22.8 Å². The summed E-state index contributed by atoms with van der Waals surface area (Å²) in [7, 11) is 3.52. The van der Waals surface area contributed by atoms with E-state index in [1.807, 2.05) is 30.8 Å². The third kappa shape index (κ3) is 2.84. The van der Waals surface area contributed by atoms with E-state index >= 15 is 0 Å². The van der Waals surface area contributed by atoms with Gasteiger partial charge >= 0.3 is 0 Å². The van der Waals surface area contributed by atoms with Crippen LogP contribution < -0.4 is 16.0 Å². The summed E-state index contributed by atoms with van der Waals surface area (Å²) < 4.78 is 8.15. The molecule has 1 unspecified atom stereocenters. The van der Waals surface area contributed by atoms with Gasteiger partial charge in [0.1, 0.15) is 0 Å². The molecule has 0 aliphatic rings. The predicted octanol–water partition coefficient (Wildman–Crippen LogP) is 1.64. The number of hydrogen-bond acceptors (Lipinski definition) is 5. The number of nitrogens with one attached hydrogen (secondary N) is 1. The van der Waals surface area contributed by atoms with Crippen molar-refractivity contribution in [2.45, 2.75) is 19.4 Å². The summed E-state index contributed by atoms with van der Waals surface area (Å²) in [5, 5.41) is 4.39. The molecule has 0 spiro atoms. The Morgan fingerprint density at radius 1 is 1.55 bits per heavy atom. The Hall–Kier alpha value is -1.44. The first-order chi connectivity index (χ1) is 9.58. The number of methoxy groups -OCH3 is 1. The number of halogens is 1. The third-order valence-electron chi connectivity index (χ3n) is 3.23. The van der Waals surface area contributed by atoms with E-state index < -0.39 is 0 Å². The molecule has 0 saturated carbocycles. The molecule has 7 heteroatoms. The number of aromatic nitrogens is 3. The molecule has 3 N–H and O–H groups in total. The fraction of sp³-hybridized carbons (Fsp3) is 0.385. The van der Waals surface area contributed by atoms with Crippen LogP contribution in [0.5, 0.6) is 5.88 Å². The third-order valence-corrected chi connectivity index (χ3v) is 4.26. The average molecular weight is 340 g/mol. The van der Waals surface area contributed by atoms with Crippen molar-refractivity contribution in [1.82, 2.24) is 20.2 Å². The summed E-state index contributed by atoms with van der Waals surface area (Å²) >= 11 is 3.57. The van der Waals surface area contributed by atoms with Gasteiger partial charge in [-0.2, -0.15) is 5.10 Å². The molecular weight excluding hydrogens is 322 g/mol. The standard InChI is InChI=1S/C13H18BrN5O/c1-8-12(14)11(19(2)18-8)7-10(17-15)9-5-4-6-16-13(9)20-3/h4-6,10,17H,7,15H2,1-3H3. The number of nitrogens with two attached hydrogens (primary N) is 1. The molecule has 2 heterocycles. The van der Waals surface area contributed by atoms with Gasteiger partial charge in [0.05, 0.1) is 29.0 Å². The van der Waals surface area contributed by atoms with Gasteiger partial charge < -0.3 is 4.74 Å². The van der Waals surface area contributed by atoms with Crippen LogP contribution in [0.1, 0.15) is 23.0 Å². The van der Waals surface area contributed by atoms with E-state index in [9.17, 15) is 0 Å². The van der Waals surface area contributed by atoms with Gasteiger partial charge in [0, 0.05) is 25.2 Å². The van der Waals surface area contributed by atoms with Gasteiger partial charge in [-0.3, -0.25) is 16.0 Å². The molecule has 108 valence electrons. The lowest BCUT2D eigenvalue weighted by molar-refractivity contribution is 0.381. The van der Waals surface area contributed by atoms with Crippen molar-refractivity contribution in [3.05, 3.63) is 39.8 Å². The highest BCUT2D eigenvalue weighted by atomic mass is 79.9. The van der Waals surface area contributed by atoms with E-state index in [-0.39, 0.29) is 6.04 Å². The first kappa shape index (κ1) is 15.0. The average Bonchev–Trinajstić information content (AvgIpc) is 2.70. The van der Waals surface area contributed by atoms with Crippen molar-refractivity contribution in [3.63, 3.8) is 0 Å². The van der Waals surface area contributed by atoms with Gasteiger partial charge in [0.25, 0.3) is 0 Å². The zero-order valence-electron chi connectivity index (χ0n) is 11.7. The fourth-order valence-corrected chi connectivity index (χ4v) is 2.69. The summed E-state index contributed by atoms with van der Waals surface area (Å²) in [6, 6.07) is 3.71. The molecule has 6 nitrogen and oxygen atoms in total. The second kappa shape index (κ2) is 6.34. The molecular formula is C13H18BrN5O. The molecule has 0 fully saturated rings. The van der Waals surface area contributed by atoms with Gasteiger partial charge in [-0.25, -0.2) is 4.98 Å². The molecule has 1 atom stereocenters. The van der Waals surface area contributed by atoms with Crippen LogP contribution in [0, 0.1) is 6.92 Å². The first-order valence-corrected chi connectivity index (χ1v) is 7.00. The molecule has 2 rings (SSSR count). The number of aryl methyl sites for hydroxylation is 2. The Balaban J connectivity index is 2.34. The van der Waals surface area contributed by atoms with Crippen molar-refractivity contribution in [2.24, 2.45) is 12.9 Å². The minimum atomic E-state index is -0.107. The lowest BCUT2D eigenvalue weighted by atomic mass is 10.0. The number of hydrazine groups is 1. The van der Waals surface area contributed by atoms with Crippen LogP contribution in [0.25, 0.3) is 0 Å². The monoisotopic (exact) mass is 339 g/mol. The van der Waals surface area contributed by atoms with Gasteiger partial charge in [-0.1, -0.05) is 6.07 Å². The van der Waals surface area contributed by atoms with Crippen molar-refractivity contribution >= 4 is 15.9 Å². The summed E-state index contributed by atoms with van der Waals surface area (Å²) in [6.45, 7) is 1.96. The largest absolute Gasteiger partial charge is 0.481 e. The Kier molecular flexibility index (Phi) is 4.74. The Bertz CT molecular complexity index is 598. The fourth-order valence-electron chi connectivity index (χ4n) is 2.19. The smallest absolute Gasteiger partial charge is 0.217 e. The van der Waals surface area contributed by atoms with E-state index in [0.717, 1.165) is 21.4 Å². The number of ether oxygens (including phenoxy) is 1. The molecule has 0 aromatic carbocycles. The van der Waals surface area contributed by atoms with Crippen molar-refractivity contribution < 1.29 is 4.74 Å². The van der Waals surface area contributed by atoms with E-state index in [2.05, 4.69) is 31.4 Å². The van der Waals surface area contributed by atoms with E-state index in [0.29, 0.717) is 12.3 Å². The van der Waals surface area contributed by atoms with E-state index in [1.165, 1.54) is 0 Å². The van der Waals surface area contributed by atoms with Gasteiger partial charge in [0.2, 0.25) is 5.88 Å². The molecule has 0 radical (unpaired) electrons. The van der Waals surface area contributed by atoms with Gasteiger partial charge in [-0.05, 0) is 28.9 Å². The number of nitrogens with zero attached hydrogens (tertiary/aromatic N) is 3. The molecule has 0 aliphatic heterocycles. The zero-order valence-corrected chi connectivity index (χ0v) is 13.3. The summed E-state index contributed by atoms with van der Waals surface area (Å²) in [5.74, 6) is 6.28. The molecule has 2 aromatic rings. The maximum Gasteiger partial charge on any atom is 0.217 e. The maximum absolute atomic E-state index is 5.70. The normalized spacial score (nSPS) is 12.4. The summed E-state index contributed by atoms with van der Waals surface area (Å²) in [6.07, 6.45) is 2.37. The minimum absolute atomic E-state index is 0.107. The number of rotatable bonds is 5. The van der Waals surface area contributed by atoms with Crippen molar-refractivity contribution in [3.8, 4) is 5.88 Å². The highest BCUT2D eigenvalue weighted by Crippen LogP contribution is 2.28. The maximum atomic E-state index is 5.70. The van der Waals surface area contributed by atoms with Crippen LogP contribution in [0.3, 0.4) is 0 Å². The second-order valence-corrected chi connectivity index (χ2v) is 5.29.